The molecule has 0 saturated heterocycles. The Kier molecular flexibility index (Phi) is 6.21. The topological polar surface area (TPSA) is 81.9 Å². The van der Waals surface area contributed by atoms with Crippen LogP contribution in [0.25, 0.3) is 0 Å². The molecular formula is C27H29FN2O4. The Hall–Kier alpha value is -3.61. The number of rotatable bonds is 5. The van der Waals surface area contributed by atoms with Crippen LogP contribution in [-0.4, -0.2) is 25.5 Å². The van der Waals surface area contributed by atoms with Crippen molar-refractivity contribution in [3.8, 4) is 5.75 Å². The number of carbonyl (C=O) groups excluding carboxylic acids is 2. The number of hydrogen-bond acceptors (Lipinski definition) is 6. The highest BCUT2D eigenvalue weighted by atomic mass is 19.1. The summed E-state index contributed by atoms with van der Waals surface area (Å²) in [5, 5.41) is 0. The van der Waals surface area contributed by atoms with E-state index in [0.29, 0.717) is 29.9 Å². The normalized spacial score (nSPS) is 19.7. The summed E-state index contributed by atoms with van der Waals surface area (Å²) >= 11 is 0. The fourth-order valence-corrected chi connectivity index (χ4v) is 4.83. The molecule has 0 radical (unpaired) electrons. The number of nitrogens with zero attached hydrogens (tertiary/aromatic N) is 1. The lowest BCUT2D eigenvalue weighted by Crippen LogP contribution is -2.43. The lowest BCUT2D eigenvalue weighted by atomic mass is 9.68. The van der Waals surface area contributed by atoms with E-state index in [-0.39, 0.29) is 35.0 Å². The van der Waals surface area contributed by atoms with Crippen molar-refractivity contribution < 1.29 is 23.5 Å². The molecule has 0 fully saturated rings. The van der Waals surface area contributed by atoms with Gasteiger partial charge in [-0.25, -0.2) is 9.18 Å². The van der Waals surface area contributed by atoms with Gasteiger partial charge in [0.25, 0.3) is 0 Å². The van der Waals surface area contributed by atoms with Crippen molar-refractivity contribution in [1.29, 1.82) is 0 Å². The molecule has 6 nitrogen and oxygen atoms in total. The number of esters is 1. The van der Waals surface area contributed by atoms with Crippen molar-refractivity contribution in [3.63, 3.8) is 0 Å². The van der Waals surface area contributed by atoms with Gasteiger partial charge < -0.3 is 15.2 Å². The van der Waals surface area contributed by atoms with E-state index in [2.05, 4.69) is 0 Å². The van der Waals surface area contributed by atoms with Gasteiger partial charge in [0.1, 0.15) is 17.4 Å². The molecule has 1 aliphatic carbocycles. The number of nitrogens with two attached hydrogens (primary N) is 1. The molecular weight excluding hydrogens is 435 g/mol. The fraction of sp³-hybridized carbons (Fsp3) is 0.333. The fourth-order valence-electron chi connectivity index (χ4n) is 4.83. The van der Waals surface area contributed by atoms with Crippen molar-refractivity contribution in [2.45, 2.75) is 39.5 Å². The number of methoxy groups -OCH3 is 1. The highest BCUT2D eigenvalue weighted by Gasteiger charge is 2.46. The highest BCUT2D eigenvalue weighted by molar-refractivity contribution is 6.05. The third-order valence-electron chi connectivity index (χ3n) is 6.29. The Morgan fingerprint density at radius 3 is 2.35 bits per heavy atom. The molecule has 1 heterocycles. The van der Waals surface area contributed by atoms with Crippen molar-refractivity contribution >= 4 is 17.4 Å². The zero-order valence-electron chi connectivity index (χ0n) is 19.9. The summed E-state index contributed by atoms with van der Waals surface area (Å²) in [4.78, 5) is 28.6. The minimum absolute atomic E-state index is 0.0477. The van der Waals surface area contributed by atoms with Crippen molar-refractivity contribution in [1.82, 2.24) is 0 Å². The Balaban J connectivity index is 2.00. The third kappa shape index (κ3) is 4.18. The van der Waals surface area contributed by atoms with E-state index in [9.17, 15) is 14.0 Å². The molecule has 1 aliphatic heterocycles. The first-order valence-corrected chi connectivity index (χ1v) is 11.3. The van der Waals surface area contributed by atoms with Gasteiger partial charge in [0.05, 0.1) is 25.2 Å². The van der Waals surface area contributed by atoms with Crippen LogP contribution in [0.15, 0.2) is 71.2 Å². The summed E-state index contributed by atoms with van der Waals surface area (Å²) in [6.45, 7) is 5.94. The van der Waals surface area contributed by atoms with Crippen LogP contribution in [0.5, 0.6) is 5.75 Å². The maximum absolute atomic E-state index is 13.7. The average Bonchev–Trinajstić information content (AvgIpc) is 2.78. The van der Waals surface area contributed by atoms with Crippen LogP contribution in [0.1, 0.15) is 45.1 Å². The SMILES string of the molecule is CCOC(=O)C1=C(N)N(c2ccc(F)cc2)C2=C(C(=O)CC(C)(C)C2)C1c1ccc(OC)cc1. The van der Waals surface area contributed by atoms with Crippen LogP contribution in [0.3, 0.4) is 0 Å². The van der Waals surface area contributed by atoms with Gasteiger partial charge in [0, 0.05) is 23.4 Å². The summed E-state index contributed by atoms with van der Waals surface area (Å²) in [6, 6.07) is 13.1. The molecule has 178 valence electrons. The zero-order valence-corrected chi connectivity index (χ0v) is 19.9. The quantitative estimate of drug-likeness (QED) is 0.640. The molecule has 1 atom stereocenters. The second kappa shape index (κ2) is 8.97. The van der Waals surface area contributed by atoms with Crippen LogP contribution < -0.4 is 15.4 Å². The molecule has 0 amide bonds. The summed E-state index contributed by atoms with van der Waals surface area (Å²) in [6.07, 6.45) is 0.903. The van der Waals surface area contributed by atoms with E-state index in [1.54, 1.807) is 43.2 Å². The van der Waals surface area contributed by atoms with E-state index in [1.165, 1.54) is 12.1 Å². The third-order valence-corrected chi connectivity index (χ3v) is 6.29. The van der Waals surface area contributed by atoms with Crippen LogP contribution in [0, 0.1) is 11.2 Å². The van der Waals surface area contributed by atoms with E-state index in [0.717, 1.165) is 11.3 Å². The number of ether oxygens (including phenoxy) is 2. The molecule has 1 unspecified atom stereocenters. The molecule has 7 heteroatoms. The molecule has 34 heavy (non-hydrogen) atoms. The number of benzene rings is 2. The maximum atomic E-state index is 13.7. The lowest BCUT2D eigenvalue weighted by molar-refractivity contribution is -0.138. The van der Waals surface area contributed by atoms with Crippen LogP contribution in [-0.2, 0) is 14.3 Å². The van der Waals surface area contributed by atoms with E-state index < -0.39 is 11.9 Å². The summed E-state index contributed by atoms with van der Waals surface area (Å²) in [7, 11) is 1.57. The van der Waals surface area contributed by atoms with E-state index in [4.69, 9.17) is 15.2 Å². The molecule has 0 spiro atoms. The summed E-state index contributed by atoms with van der Waals surface area (Å²) in [5.41, 5.74) is 9.14. The van der Waals surface area contributed by atoms with Gasteiger partial charge in [0.15, 0.2) is 5.78 Å². The number of allylic oxidation sites excluding steroid dienone is 2. The molecule has 0 bridgehead atoms. The Morgan fingerprint density at radius 1 is 1.12 bits per heavy atom. The number of carbonyl (C=O) groups is 2. The first-order valence-electron chi connectivity index (χ1n) is 11.3. The molecule has 2 aromatic carbocycles. The number of Topliss-reactive ketones (excluding diaryl/α,β-unsaturated/α-hetero) is 1. The number of ketones is 1. The molecule has 0 aromatic heterocycles. The standard InChI is InChI=1S/C27H29FN2O4/c1-5-34-26(32)24-22(16-6-12-19(33-4)13-7-16)23-20(14-27(2,3)15-21(23)31)30(25(24)29)18-10-8-17(28)9-11-18/h6-13,22H,5,14-15,29H2,1-4H3. The second-order valence-corrected chi connectivity index (χ2v) is 9.34. The predicted octanol–water partition coefficient (Wildman–Crippen LogP) is 4.81. The Morgan fingerprint density at radius 2 is 1.76 bits per heavy atom. The maximum Gasteiger partial charge on any atom is 0.338 e. The number of hydrogen-bond donors (Lipinski definition) is 1. The molecule has 2 aromatic rings. The minimum Gasteiger partial charge on any atom is -0.497 e. The largest absolute Gasteiger partial charge is 0.497 e. The van der Waals surface area contributed by atoms with Gasteiger partial charge in [-0.2, -0.15) is 0 Å². The van der Waals surface area contributed by atoms with Crippen LogP contribution >= 0.6 is 0 Å². The van der Waals surface area contributed by atoms with Gasteiger partial charge in [-0.05, 0) is 60.7 Å². The first kappa shape index (κ1) is 23.5. The van der Waals surface area contributed by atoms with Gasteiger partial charge in [-0.3, -0.25) is 9.69 Å². The first-order chi connectivity index (χ1) is 16.2. The second-order valence-electron chi connectivity index (χ2n) is 9.34. The van der Waals surface area contributed by atoms with Crippen molar-refractivity contribution in [3.05, 3.63) is 82.6 Å². The van der Waals surface area contributed by atoms with Gasteiger partial charge in [-0.15, -0.1) is 0 Å². The van der Waals surface area contributed by atoms with Gasteiger partial charge >= 0.3 is 5.97 Å². The zero-order chi connectivity index (χ0) is 24.6. The van der Waals surface area contributed by atoms with Gasteiger partial charge in [0.2, 0.25) is 0 Å². The van der Waals surface area contributed by atoms with Crippen LogP contribution in [0.2, 0.25) is 0 Å². The monoisotopic (exact) mass is 464 g/mol. The van der Waals surface area contributed by atoms with Gasteiger partial charge in [-0.1, -0.05) is 26.0 Å². The van der Waals surface area contributed by atoms with E-state index >= 15 is 0 Å². The average molecular weight is 465 g/mol. The molecule has 2 N–H and O–H groups in total. The number of anilines is 1. The Labute approximate surface area is 198 Å². The van der Waals surface area contributed by atoms with Crippen LogP contribution in [0.4, 0.5) is 10.1 Å². The predicted molar refractivity (Wildman–Crippen MR) is 128 cm³/mol. The van der Waals surface area contributed by atoms with E-state index in [1.807, 2.05) is 26.0 Å². The smallest absolute Gasteiger partial charge is 0.338 e. The molecule has 2 aliphatic rings. The Bertz CT molecular complexity index is 1180. The summed E-state index contributed by atoms with van der Waals surface area (Å²) in [5.74, 6) is -0.868. The van der Waals surface area contributed by atoms with Crippen molar-refractivity contribution in [2.75, 3.05) is 18.6 Å². The number of halogens is 1. The van der Waals surface area contributed by atoms with Crippen molar-refractivity contribution in [2.24, 2.45) is 11.1 Å². The highest BCUT2D eigenvalue weighted by Crippen LogP contribution is 2.50. The molecule has 0 saturated carbocycles. The summed E-state index contributed by atoms with van der Waals surface area (Å²) < 4.78 is 24.4. The lowest BCUT2D eigenvalue weighted by Gasteiger charge is -2.44. The molecule has 4 rings (SSSR count). The minimum atomic E-state index is -0.680.